The van der Waals surface area contributed by atoms with E-state index >= 15 is 0 Å². The van der Waals surface area contributed by atoms with Crippen LogP contribution in [0.4, 0.5) is 5.95 Å². The highest BCUT2D eigenvalue weighted by atomic mass is 16.2. The quantitative estimate of drug-likeness (QED) is 0.920. The number of benzene rings is 1. The lowest BCUT2D eigenvalue weighted by molar-refractivity contribution is 0.0858. The first-order valence-electron chi connectivity index (χ1n) is 7.14. The molecule has 0 unspecified atom stereocenters. The number of anilines is 1. The third kappa shape index (κ3) is 2.95. The minimum atomic E-state index is -0.0753. The summed E-state index contributed by atoms with van der Waals surface area (Å²) in [7, 11) is 0. The highest BCUT2D eigenvalue weighted by Crippen LogP contribution is 2.12. The van der Waals surface area contributed by atoms with Crippen LogP contribution >= 0.6 is 0 Å². The molecule has 1 aromatic heterocycles. The van der Waals surface area contributed by atoms with E-state index in [1.807, 2.05) is 38.1 Å². The van der Waals surface area contributed by atoms with Crippen LogP contribution in [0.5, 0.6) is 0 Å². The average molecular weight is 295 g/mol. The van der Waals surface area contributed by atoms with Gasteiger partial charge in [0.1, 0.15) is 0 Å². The molecule has 1 aliphatic rings. The summed E-state index contributed by atoms with van der Waals surface area (Å²) in [5, 5.41) is 3.06. The summed E-state index contributed by atoms with van der Waals surface area (Å²) < 4.78 is 0. The molecule has 6 nitrogen and oxygen atoms in total. The van der Waals surface area contributed by atoms with Gasteiger partial charge in [0.05, 0.1) is 6.54 Å². The lowest BCUT2D eigenvalue weighted by Gasteiger charge is -2.18. The van der Waals surface area contributed by atoms with Crippen molar-refractivity contribution in [3.05, 3.63) is 53.3 Å². The normalized spacial score (nSPS) is 13.9. The lowest BCUT2D eigenvalue weighted by atomic mass is 10.2. The van der Waals surface area contributed by atoms with Crippen LogP contribution in [0.2, 0.25) is 0 Å². The zero-order valence-electron chi connectivity index (χ0n) is 12.6. The standard InChI is InChI=1S/C16H17N5O/c1-11-10-12(2)19-15(18-11)20-16-17-8-9-21(16)14(22)13-6-4-3-5-7-13/h3-7,10H,8-9H2,1-2H3,(H,17,18,19,20). The Morgan fingerprint density at radius 3 is 2.50 bits per heavy atom. The van der Waals surface area contributed by atoms with Gasteiger partial charge in [0.15, 0.2) is 0 Å². The number of carbonyl (C=O) groups is 1. The van der Waals surface area contributed by atoms with E-state index in [0.717, 1.165) is 11.4 Å². The first-order valence-corrected chi connectivity index (χ1v) is 7.14. The van der Waals surface area contributed by atoms with E-state index in [4.69, 9.17) is 0 Å². The summed E-state index contributed by atoms with van der Waals surface area (Å²) in [5.74, 6) is 0.886. The van der Waals surface area contributed by atoms with Crippen molar-refractivity contribution in [2.45, 2.75) is 13.8 Å². The Bertz CT molecular complexity index is 706. The molecule has 3 rings (SSSR count). The zero-order chi connectivity index (χ0) is 15.5. The van der Waals surface area contributed by atoms with E-state index in [1.165, 1.54) is 0 Å². The summed E-state index contributed by atoms with van der Waals surface area (Å²) in [6.45, 7) is 4.94. The molecule has 0 fully saturated rings. The van der Waals surface area contributed by atoms with Crippen molar-refractivity contribution in [2.24, 2.45) is 4.99 Å². The largest absolute Gasteiger partial charge is 0.294 e. The number of aryl methyl sites for hydroxylation is 2. The fraction of sp³-hybridized carbons (Fsp3) is 0.250. The number of guanidine groups is 1. The Morgan fingerprint density at radius 1 is 1.14 bits per heavy atom. The van der Waals surface area contributed by atoms with E-state index < -0.39 is 0 Å². The van der Waals surface area contributed by atoms with Crippen molar-refractivity contribution < 1.29 is 4.79 Å². The molecule has 22 heavy (non-hydrogen) atoms. The summed E-state index contributed by atoms with van der Waals surface area (Å²) >= 11 is 0. The molecule has 0 atom stereocenters. The third-order valence-electron chi connectivity index (χ3n) is 3.31. The molecule has 1 aromatic carbocycles. The highest BCUT2D eigenvalue weighted by Gasteiger charge is 2.25. The third-order valence-corrected chi connectivity index (χ3v) is 3.31. The molecular weight excluding hydrogens is 278 g/mol. The van der Waals surface area contributed by atoms with E-state index in [0.29, 0.717) is 30.6 Å². The van der Waals surface area contributed by atoms with E-state index in [2.05, 4.69) is 20.3 Å². The molecule has 0 aliphatic carbocycles. The van der Waals surface area contributed by atoms with Crippen molar-refractivity contribution in [1.82, 2.24) is 14.9 Å². The molecule has 0 bridgehead atoms. The second-order valence-corrected chi connectivity index (χ2v) is 5.13. The van der Waals surface area contributed by atoms with Crippen LogP contribution in [0.15, 0.2) is 41.4 Å². The molecule has 1 amide bonds. The SMILES string of the molecule is Cc1cc(C)nc(NC2=NCCN2C(=O)c2ccccc2)n1. The number of aromatic nitrogens is 2. The molecule has 6 heteroatoms. The Balaban J connectivity index is 1.80. The number of nitrogens with one attached hydrogen (secondary N) is 1. The Labute approximate surface area is 128 Å². The van der Waals surface area contributed by atoms with Crippen molar-refractivity contribution >= 4 is 17.8 Å². The molecule has 2 heterocycles. The molecule has 112 valence electrons. The second kappa shape index (κ2) is 5.93. The maximum absolute atomic E-state index is 12.5. The van der Waals surface area contributed by atoms with Gasteiger partial charge in [-0.1, -0.05) is 18.2 Å². The summed E-state index contributed by atoms with van der Waals surface area (Å²) in [6, 6.07) is 11.1. The van der Waals surface area contributed by atoms with Crippen LogP contribution in [-0.2, 0) is 0 Å². The number of nitrogens with zero attached hydrogens (tertiary/aromatic N) is 4. The summed E-state index contributed by atoms with van der Waals surface area (Å²) in [6.07, 6.45) is 0. The number of rotatable bonds is 2. The topological polar surface area (TPSA) is 70.5 Å². The second-order valence-electron chi connectivity index (χ2n) is 5.13. The van der Waals surface area contributed by atoms with Gasteiger partial charge < -0.3 is 0 Å². The predicted octanol–water partition coefficient (Wildman–Crippen LogP) is 2.02. The number of hydrogen-bond acceptors (Lipinski definition) is 5. The fourth-order valence-corrected chi connectivity index (χ4v) is 2.37. The van der Waals surface area contributed by atoms with E-state index in [-0.39, 0.29) is 5.91 Å². The van der Waals surface area contributed by atoms with E-state index in [9.17, 15) is 4.79 Å². The van der Waals surface area contributed by atoms with Gasteiger partial charge in [-0.25, -0.2) is 9.97 Å². The first kappa shape index (κ1) is 14.2. The molecule has 0 saturated carbocycles. The van der Waals surface area contributed by atoms with Crippen LogP contribution in [0.25, 0.3) is 0 Å². The van der Waals surface area contributed by atoms with Gasteiger partial charge in [0, 0.05) is 23.5 Å². The molecular formula is C16H17N5O. The van der Waals surface area contributed by atoms with Gasteiger partial charge in [0.2, 0.25) is 11.9 Å². The van der Waals surface area contributed by atoms with Crippen LogP contribution in [0.1, 0.15) is 21.7 Å². The van der Waals surface area contributed by atoms with E-state index in [1.54, 1.807) is 17.0 Å². The zero-order valence-corrected chi connectivity index (χ0v) is 12.6. The maximum Gasteiger partial charge on any atom is 0.260 e. The molecule has 1 aliphatic heterocycles. The van der Waals surface area contributed by atoms with Gasteiger partial charge in [-0.3, -0.25) is 20.0 Å². The lowest BCUT2D eigenvalue weighted by Crippen LogP contribution is -2.38. The summed E-state index contributed by atoms with van der Waals surface area (Å²) in [4.78, 5) is 27.2. The Kier molecular flexibility index (Phi) is 3.82. The number of amides is 1. The van der Waals surface area contributed by atoms with Gasteiger partial charge in [-0.2, -0.15) is 0 Å². The van der Waals surface area contributed by atoms with Gasteiger partial charge >= 0.3 is 0 Å². The first-order chi connectivity index (χ1) is 10.6. The van der Waals surface area contributed by atoms with Crippen molar-refractivity contribution in [1.29, 1.82) is 0 Å². The monoisotopic (exact) mass is 295 g/mol. The molecule has 1 N–H and O–H groups in total. The molecule has 0 saturated heterocycles. The molecule has 0 radical (unpaired) electrons. The van der Waals surface area contributed by atoms with Gasteiger partial charge in [-0.15, -0.1) is 0 Å². The average Bonchev–Trinajstić information content (AvgIpc) is 2.94. The van der Waals surface area contributed by atoms with Crippen LogP contribution in [0, 0.1) is 13.8 Å². The van der Waals surface area contributed by atoms with Crippen LogP contribution < -0.4 is 5.32 Å². The molecule has 0 spiro atoms. The summed E-state index contributed by atoms with van der Waals surface area (Å²) in [5.41, 5.74) is 2.38. The Hall–Kier alpha value is -2.76. The minimum absolute atomic E-state index is 0.0753. The van der Waals surface area contributed by atoms with Crippen LogP contribution in [-0.4, -0.2) is 39.8 Å². The van der Waals surface area contributed by atoms with Gasteiger partial charge in [-0.05, 0) is 32.0 Å². The van der Waals surface area contributed by atoms with Crippen LogP contribution in [0.3, 0.4) is 0 Å². The molecule has 2 aromatic rings. The highest BCUT2D eigenvalue weighted by molar-refractivity contribution is 6.10. The number of aliphatic imine (C=N–C) groups is 1. The Morgan fingerprint density at radius 2 is 1.82 bits per heavy atom. The predicted molar refractivity (Wildman–Crippen MR) is 84.9 cm³/mol. The van der Waals surface area contributed by atoms with Crippen molar-refractivity contribution in [3.63, 3.8) is 0 Å². The fourth-order valence-electron chi connectivity index (χ4n) is 2.37. The number of hydrogen-bond donors (Lipinski definition) is 1. The van der Waals surface area contributed by atoms with Crippen molar-refractivity contribution in [3.8, 4) is 0 Å². The van der Waals surface area contributed by atoms with Gasteiger partial charge in [0.25, 0.3) is 5.91 Å². The smallest absolute Gasteiger partial charge is 0.260 e. The van der Waals surface area contributed by atoms with Crippen molar-refractivity contribution in [2.75, 3.05) is 18.4 Å². The maximum atomic E-state index is 12.5. The minimum Gasteiger partial charge on any atom is -0.294 e. The number of carbonyl (C=O) groups excluding carboxylic acids is 1.